The van der Waals surface area contributed by atoms with Crippen molar-refractivity contribution >= 4 is 33.6 Å². The number of benzene rings is 4. The largest absolute Gasteiger partial charge is 0.491 e. The van der Waals surface area contributed by atoms with E-state index >= 15 is 0 Å². The molecule has 4 nitrogen and oxygen atoms in total. The third-order valence-electron chi connectivity index (χ3n) is 4.92. The third-order valence-corrected chi connectivity index (χ3v) is 5.32. The van der Waals surface area contributed by atoms with E-state index in [9.17, 15) is 5.11 Å². The highest BCUT2D eigenvalue weighted by atomic mass is 32.2. The Morgan fingerprint density at radius 2 is 1.20 bits per heavy atom. The monoisotopic (exact) mass is 420 g/mol. The number of aliphatic hydroxyl groups excluding tert-OH is 1. The minimum atomic E-state index is -0.0445. The summed E-state index contributed by atoms with van der Waals surface area (Å²) in [5.41, 5.74) is 1.96. The Labute approximate surface area is 180 Å². The van der Waals surface area contributed by atoms with Crippen molar-refractivity contribution in [3.8, 4) is 22.6 Å². The number of hydrogen-bond acceptors (Lipinski definition) is 5. The van der Waals surface area contributed by atoms with Crippen LogP contribution in [-0.4, -0.2) is 37.8 Å². The van der Waals surface area contributed by atoms with Crippen molar-refractivity contribution in [2.45, 2.75) is 0 Å². The SMILES string of the molecule is CSOCCOc1ccc2ccccc2c1-c1c(OCCO)ccc2ccccc12. The predicted octanol–water partition coefficient (Wildman–Crippen LogP) is 5.70. The van der Waals surface area contributed by atoms with Gasteiger partial charge in [-0.3, -0.25) is 0 Å². The fraction of sp³-hybridized carbons (Fsp3) is 0.200. The molecule has 4 aromatic carbocycles. The van der Waals surface area contributed by atoms with Crippen LogP contribution in [0.25, 0.3) is 32.7 Å². The molecule has 30 heavy (non-hydrogen) atoms. The lowest BCUT2D eigenvalue weighted by atomic mass is 9.92. The smallest absolute Gasteiger partial charge is 0.128 e. The molecular weight excluding hydrogens is 396 g/mol. The molecular formula is C25H24O4S. The predicted molar refractivity (Wildman–Crippen MR) is 124 cm³/mol. The molecule has 0 aliphatic rings. The molecule has 0 aliphatic carbocycles. The van der Waals surface area contributed by atoms with Gasteiger partial charge in [0, 0.05) is 17.4 Å². The molecule has 0 aromatic heterocycles. The van der Waals surface area contributed by atoms with E-state index in [-0.39, 0.29) is 13.2 Å². The van der Waals surface area contributed by atoms with Gasteiger partial charge in [0.2, 0.25) is 0 Å². The maximum Gasteiger partial charge on any atom is 0.128 e. The van der Waals surface area contributed by atoms with Crippen molar-refractivity contribution in [1.29, 1.82) is 0 Å². The van der Waals surface area contributed by atoms with Gasteiger partial charge in [0.1, 0.15) is 24.7 Å². The quantitative estimate of drug-likeness (QED) is 0.278. The van der Waals surface area contributed by atoms with Gasteiger partial charge in [0.15, 0.2) is 0 Å². The van der Waals surface area contributed by atoms with Crippen LogP contribution >= 0.6 is 12.0 Å². The molecule has 0 spiro atoms. The van der Waals surface area contributed by atoms with Crippen LogP contribution in [-0.2, 0) is 4.18 Å². The summed E-state index contributed by atoms with van der Waals surface area (Å²) in [5.74, 6) is 1.51. The minimum absolute atomic E-state index is 0.0445. The maximum absolute atomic E-state index is 9.33. The molecule has 4 aromatic rings. The first-order valence-corrected chi connectivity index (χ1v) is 11.0. The summed E-state index contributed by atoms with van der Waals surface area (Å²) >= 11 is 1.33. The Kier molecular flexibility index (Phi) is 6.74. The zero-order chi connectivity index (χ0) is 20.8. The van der Waals surface area contributed by atoms with Gasteiger partial charge in [-0.05, 0) is 45.7 Å². The van der Waals surface area contributed by atoms with Gasteiger partial charge in [0.05, 0.1) is 13.2 Å². The average molecular weight is 421 g/mol. The second-order valence-corrected chi connectivity index (χ2v) is 7.30. The molecule has 0 unspecified atom stereocenters. The highest BCUT2D eigenvalue weighted by Crippen LogP contribution is 2.45. The van der Waals surface area contributed by atoms with Gasteiger partial charge in [-0.25, -0.2) is 0 Å². The molecule has 154 valence electrons. The van der Waals surface area contributed by atoms with E-state index in [4.69, 9.17) is 13.7 Å². The Morgan fingerprint density at radius 3 is 1.73 bits per heavy atom. The highest BCUT2D eigenvalue weighted by Gasteiger charge is 2.19. The highest BCUT2D eigenvalue weighted by molar-refractivity contribution is 7.93. The molecule has 0 saturated heterocycles. The van der Waals surface area contributed by atoms with E-state index < -0.39 is 0 Å². The number of aliphatic hydroxyl groups is 1. The molecule has 0 saturated carbocycles. The molecule has 5 heteroatoms. The number of hydrogen-bond donors (Lipinski definition) is 1. The van der Waals surface area contributed by atoms with Crippen molar-refractivity contribution in [2.75, 3.05) is 32.7 Å². The molecule has 0 heterocycles. The van der Waals surface area contributed by atoms with Crippen LogP contribution in [0.15, 0.2) is 72.8 Å². The maximum atomic E-state index is 9.33. The van der Waals surface area contributed by atoms with Crippen LogP contribution in [0.2, 0.25) is 0 Å². The number of fused-ring (bicyclic) bond motifs is 2. The van der Waals surface area contributed by atoms with Crippen molar-refractivity contribution in [3.63, 3.8) is 0 Å². The van der Waals surface area contributed by atoms with E-state index in [1.165, 1.54) is 12.0 Å². The van der Waals surface area contributed by atoms with Crippen LogP contribution in [0.5, 0.6) is 11.5 Å². The number of ether oxygens (including phenoxy) is 2. The van der Waals surface area contributed by atoms with Crippen molar-refractivity contribution in [1.82, 2.24) is 0 Å². The summed E-state index contributed by atoms with van der Waals surface area (Å²) < 4.78 is 17.5. The van der Waals surface area contributed by atoms with Crippen molar-refractivity contribution in [3.05, 3.63) is 72.8 Å². The lowest BCUT2D eigenvalue weighted by molar-refractivity contribution is 0.202. The van der Waals surface area contributed by atoms with Crippen LogP contribution < -0.4 is 9.47 Å². The summed E-state index contributed by atoms with van der Waals surface area (Å²) in [6, 6.07) is 24.6. The molecule has 0 aliphatic heterocycles. The first-order chi connectivity index (χ1) is 14.8. The first kappa shape index (κ1) is 20.5. The minimum Gasteiger partial charge on any atom is -0.491 e. The molecule has 0 atom stereocenters. The van der Waals surface area contributed by atoms with Gasteiger partial charge < -0.3 is 18.8 Å². The topological polar surface area (TPSA) is 47.9 Å². The van der Waals surface area contributed by atoms with Crippen molar-refractivity contribution in [2.24, 2.45) is 0 Å². The summed E-state index contributed by atoms with van der Waals surface area (Å²) in [5, 5.41) is 13.7. The summed E-state index contributed by atoms with van der Waals surface area (Å²) in [7, 11) is 0. The van der Waals surface area contributed by atoms with Crippen LogP contribution in [0, 0.1) is 0 Å². The van der Waals surface area contributed by atoms with Gasteiger partial charge in [-0.2, -0.15) is 0 Å². The molecule has 0 amide bonds. The van der Waals surface area contributed by atoms with Gasteiger partial charge in [-0.15, -0.1) is 0 Å². The lowest BCUT2D eigenvalue weighted by Crippen LogP contribution is -2.06. The lowest BCUT2D eigenvalue weighted by Gasteiger charge is -2.19. The average Bonchev–Trinajstić information content (AvgIpc) is 2.80. The molecule has 1 N–H and O–H groups in total. The standard InChI is InChI=1S/C25H24O4S/c1-30-29-17-16-28-23-13-11-19-7-3-5-9-21(19)25(23)24-20-8-4-2-6-18(20)10-12-22(24)27-15-14-26/h2-13,26H,14-17H2,1H3. The fourth-order valence-corrected chi connectivity index (χ4v) is 3.92. The molecule has 4 rings (SSSR count). The van der Waals surface area contributed by atoms with Gasteiger partial charge in [0.25, 0.3) is 0 Å². The van der Waals surface area contributed by atoms with Crippen LogP contribution in [0.1, 0.15) is 0 Å². The second kappa shape index (κ2) is 9.85. The number of rotatable bonds is 9. The Hall–Kier alpha value is -2.73. The Morgan fingerprint density at radius 1 is 0.667 bits per heavy atom. The van der Waals surface area contributed by atoms with Gasteiger partial charge >= 0.3 is 0 Å². The zero-order valence-corrected chi connectivity index (χ0v) is 17.7. The normalized spacial score (nSPS) is 11.1. The fourth-order valence-electron chi connectivity index (χ4n) is 3.68. The van der Waals surface area contributed by atoms with E-state index in [0.717, 1.165) is 44.2 Å². The Balaban J connectivity index is 1.96. The Bertz CT molecular complexity index is 1140. The molecule has 0 fully saturated rings. The molecule has 0 radical (unpaired) electrons. The van der Waals surface area contributed by atoms with E-state index in [1.54, 1.807) is 0 Å². The zero-order valence-electron chi connectivity index (χ0n) is 16.8. The van der Waals surface area contributed by atoms with E-state index in [2.05, 4.69) is 30.3 Å². The third kappa shape index (κ3) is 4.24. The van der Waals surface area contributed by atoms with Gasteiger partial charge in [-0.1, -0.05) is 60.7 Å². The van der Waals surface area contributed by atoms with Crippen molar-refractivity contribution < 1.29 is 18.8 Å². The first-order valence-electron chi connectivity index (χ1n) is 9.89. The second-order valence-electron chi connectivity index (χ2n) is 6.73. The van der Waals surface area contributed by atoms with E-state index in [1.807, 2.05) is 48.7 Å². The summed E-state index contributed by atoms with van der Waals surface area (Å²) in [6.07, 6.45) is 1.89. The summed E-state index contributed by atoms with van der Waals surface area (Å²) in [4.78, 5) is 0. The molecule has 0 bridgehead atoms. The summed E-state index contributed by atoms with van der Waals surface area (Å²) in [6.45, 7) is 1.13. The van der Waals surface area contributed by atoms with Crippen LogP contribution in [0.4, 0.5) is 0 Å². The van der Waals surface area contributed by atoms with Crippen LogP contribution in [0.3, 0.4) is 0 Å². The van der Waals surface area contributed by atoms with E-state index in [0.29, 0.717) is 13.2 Å².